The molecule has 2 unspecified atom stereocenters. The molecule has 0 saturated carbocycles. The average molecular weight is 249 g/mol. The van der Waals surface area contributed by atoms with Crippen LogP contribution in [0.15, 0.2) is 29.4 Å². The lowest BCUT2D eigenvalue weighted by atomic mass is 10.1. The molecule has 0 spiro atoms. The third kappa shape index (κ3) is 3.01. The molecule has 98 valence electrons. The lowest BCUT2D eigenvalue weighted by Gasteiger charge is -2.14. The zero-order valence-electron chi connectivity index (χ0n) is 10.8. The first-order chi connectivity index (χ1) is 8.70. The van der Waals surface area contributed by atoms with Crippen LogP contribution in [-0.4, -0.2) is 29.7 Å². The van der Waals surface area contributed by atoms with Crippen molar-refractivity contribution in [2.45, 2.75) is 38.9 Å². The smallest absolute Gasteiger partial charge is 0.128 e. The maximum atomic E-state index is 8.83. The predicted molar refractivity (Wildman–Crippen MR) is 69.5 cm³/mol. The molecule has 2 atom stereocenters. The van der Waals surface area contributed by atoms with Crippen molar-refractivity contribution < 1.29 is 14.7 Å². The first-order valence-corrected chi connectivity index (χ1v) is 6.27. The molecule has 4 heteroatoms. The molecule has 1 aromatic rings. The van der Waals surface area contributed by atoms with Crippen LogP contribution >= 0.6 is 0 Å². The van der Waals surface area contributed by atoms with E-state index in [0.29, 0.717) is 18.4 Å². The summed E-state index contributed by atoms with van der Waals surface area (Å²) >= 11 is 0. The fourth-order valence-electron chi connectivity index (χ4n) is 2.14. The van der Waals surface area contributed by atoms with Gasteiger partial charge in [0.2, 0.25) is 0 Å². The molecule has 4 nitrogen and oxygen atoms in total. The maximum absolute atomic E-state index is 8.83. The highest BCUT2D eigenvalue weighted by Crippen LogP contribution is 2.23. The predicted octanol–water partition coefficient (Wildman–Crippen LogP) is 2.83. The molecule has 1 fully saturated rings. The van der Waals surface area contributed by atoms with Crippen LogP contribution < -0.4 is 4.74 Å². The van der Waals surface area contributed by atoms with Crippen LogP contribution in [0.4, 0.5) is 0 Å². The van der Waals surface area contributed by atoms with E-state index in [-0.39, 0.29) is 6.10 Å². The molecule has 0 aromatic heterocycles. The Morgan fingerprint density at radius 1 is 1.44 bits per heavy atom. The Morgan fingerprint density at radius 2 is 2.22 bits per heavy atom. The normalized spacial score (nSPS) is 24.2. The van der Waals surface area contributed by atoms with Gasteiger partial charge in [-0.25, -0.2) is 0 Å². The van der Waals surface area contributed by atoms with Gasteiger partial charge in [0.25, 0.3) is 0 Å². The van der Waals surface area contributed by atoms with Crippen LogP contribution in [0, 0.1) is 0 Å². The van der Waals surface area contributed by atoms with Gasteiger partial charge in [-0.05, 0) is 38.8 Å². The highest BCUT2D eigenvalue weighted by Gasteiger charge is 2.22. The Hall–Kier alpha value is -1.55. The quantitative estimate of drug-likeness (QED) is 0.507. The second kappa shape index (κ2) is 5.87. The van der Waals surface area contributed by atoms with E-state index >= 15 is 0 Å². The summed E-state index contributed by atoms with van der Waals surface area (Å²) < 4.78 is 11.5. The third-order valence-electron chi connectivity index (χ3n) is 3.17. The van der Waals surface area contributed by atoms with Crippen LogP contribution in [0.3, 0.4) is 0 Å². The van der Waals surface area contributed by atoms with Crippen LogP contribution in [0.1, 0.15) is 32.3 Å². The zero-order valence-corrected chi connectivity index (χ0v) is 10.8. The van der Waals surface area contributed by atoms with Crippen molar-refractivity contribution in [3.63, 3.8) is 0 Å². The summed E-state index contributed by atoms with van der Waals surface area (Å²) in [5, 5.41) is 12.1. The Kier molecular flexibility index (Phi) is 4.20. The molecule has 1 aliphatic rings. The molecular weight excluding hydrogens is 230 g/mol. The lowest BCUT2D eigenvalue weighted by Crippen LogP contribution is -2.18. The van der Waals surface area contributed by atoms with E-state index in [9.17, 15) is 0 Å². The highest BCUT2D eigenvalue weighted by molar-refractivity contribution is 6.00. The fourth-order valence-corrected chi connectivity index (χ4v) is 2.14. The number of hydrogen-bond donors (Lipinski definition) is 1. The summed E-state index contributed by atoms with van der Waals surface area (Å²) in [4.78, 5) is 0. The number of nitrogens with zero attached hydrogens (tertiary/aromatic N) is 1. The Labute approximate surface area is 107 Å². The second-order valence-electron chi connectivity index (χ2n) is 4.64. The number of hydrogen-bond acceptors (Lipinski definition) is 4. The summed E-state index contributed by atoms with van der Waals surface area (Å²) in [6, 6.07) is 7.55. The monoisotopic (exact) mass is 249 g/mol. The minimum absolute atomic E-state index is 0.166. The number of ether oxygens (including phenoxy) is 2. The van der Waals surface area contributed by atoms with Gasteiger partial charge in [-0.15, -0.1) is 0 Å². The second-order valence-corrected chi connectivity index (χ2v) is 4.64. The first kappa shape index (κ1) is 12.9. The molecule has 1 saturated heterocycles. The lowest BCUT2D eigenvalue weighted by molar-refractivity contribution is 0.0264. The number of rotatable bonds is 4. The zero-order chi connectivity index (χ0) is 13.0. The molecule has 0 radical (unpaired) electrons. The molecule has 1 aromatic carbocycles. The van der Waals surface area contributed by atoms with E-state index in [0.717, 1.165) is 24.2 Å². The molecule has 0 amide bonds. The third-order valence-corrected chi connectivity index (χ3v) is 3.17. The van der Waals surface area contributed by atoms with Crippen molar-refractivity contribution in [3.05, 3.63) is 29.8 Å². The Bertz CT molecular complexity index is 431. The van der Waals surface area contributed by atoms with Crippen LogP contribution in [0.5, 0.6) is 5.75 Å². The van der Waals surface area contributed by atoms with Gasteiger partial charge in [-0.3, -0.25) is 0 Å². The van der Waals surface area contributed by atoms with Gasteiger partial charge in [-0.2, -0.15) is 0 Å². The molecule has 1 N–H and O–H groups in total. The maximum Gasteiger partial charge on any atom is 0.128 e. The van der Waals surface area contributed by atoms with Crippen molar-refractivity contribution in [2.24, 2.45) is 5.16 Å². The standard InChI is InChI=1S/C14H19NO3/c1-10-7-8-12(18-10)9-17-14-6-4-3-5-13(14)11(2)15-16/h3-6,10,12,16H,7-9H2,1-2H3/b15-11+. The molecule has 1 aliphatic heterocycles. The van der Waals surface area contributed by atoms with Gasteiger partial charge in [0.05, 0.1) is 17.9 Å². The molecule has 1 heterocycles. The van der Waals surface area contributed by atoms with Crippen molar-refractivity contribution in [2.75, 3.05) is 6.61 Å². The number of oxime groups is 1. The largest absolute Gasteiger partial charge is 0.490 e. The summed E-state index contributed by atoms with van der Waals surface area (Å²) in [7, 11) is 0. The van der Waals surface area contributed by atoms with Crippen molar-refractivity contribution in [1.82, 2.24) is 0 Å². The van der Waals surface area contributed by atoms with Crippen LogP contribution in [-0.2, 0) is 4.74 Å². The summed E-state index contributed by atoms with van der Waals surface area (Å²) in [6.07, 6.45) is 2.62. The van der Waals surface area contributed by atoms with Gasteiger partial charge in [-0.1, -0.05) is 17.3 Å². The Balaban J connectivity index is 2.01. The molecule has 0 bridgehead atoms. The van der Waals surface area contributed by atoms with Gasteiger partial charge in [0.15, 0.2) is 0 Å². The molecular formula is C14H19NO3. The minimum Gasteiger partial charge on any atom is -0.490 e. The summed E-state index contributed by atoms with van der Waals surface area (Å²) in [5.74, 6) is 0.732. The topological polar surface area (TPSA) is 51.1 Å². The Morgan fingerprint density at radius 3 is 2.89 bits per heavy atom. The van der Waals surface area contributed by atoms with Gasteiger partial charge >= 0.3 is 0 Å². The summed E-state index contributed by atoms with van der Waals surface area (Å²) in [6.45, 7) is 4.37. The van der Waals surface area contributed by atoms with Crippen molar-refractivity contribution in [1.29, 1.82) is 0 Å². The molecule has 2 rings (SSSR count). The van der Waals surface area contributed by atoms with Gasteiger partial charge in [0.1, 0.15) is 12.4 Å². The van der Waals surface area contributed by atoms with E-state index in [1.165, 1.54) is 0 Å². The van der Waals surface area contributed by atoms with Crippen LogP contribution in [0.25, 0.3) is 0 Å². The van der Waals surface area contributed by atoms with E-state index in [2.05, 4.69) is 12.1 Å². The number of benzene rings is 1. The number of para-hydroxylation sites is 1. The fraction of sp³-hybridized carbons (Fsp3) is 0.500. The van der Waals surface area contributed by atoms with Gasteiger partial charge < -0.3 is 14.7 Å². The molecule has 0 aliphatic carbocycles. The first-order valence-electron chi connectivity index (χ1n) is 6.27. The van der Waals surface area contributed by atoms with E-state index in [1.807, 2.05) is 24.3 Å². The average Bonchev–Trinajstić information content (AvgIpc) is 2.81. The van der Waals surface area contributed by atoms with Crippen molar-refractivity contribution in [3.8, 4) is 5.75 Å². The van der Waals surface area contributed by atoms with Crippen LogP contribution in [0.2, 0.25) is 0 Å². The SMILES string of the molecule is C/C(=N\O)c1ccccc1OCC1CCC(C)O1. The highest BCUT2D eigenvalue weighted by atomic mass is 16.5. The van der Waals surface area contributed by atoms with Gasteiger partial charge in [0, 0.05) is 5.56 Å². The van der Waals surface area contributed by atoms with E-state index in [4.69, 9.17) is 14.7 Å². The van der Waals surface area contributed by atoms with Crippen molar-refractivity contribution >= 4 is 5.71 Å². The minimum atomic E-state index is 0.166. The van der Waals surface area contributed by atoms with E-state index < -0.39 is 0 Å². The summed E-state index contributed by atoms with van der Waals surface area (Å²) in [5.41, 5.74) is 1.36. The molecule has 18 heavy (non-hydrogen) atoms. The van der Waals surface area contributed by atoms with E-state index in [1.54, 1.807) is 6.92 Å².